The third kappa shape index (κ3) is 4.78. The van der Waals surface area contributed by atoms with Gasteiger partial charge < -0.3 is 4.74 Å². The summed E-state index contributed by atoms with van der Waals surface area (Å²) in [6.45, 7) is 7.77. The fraction of sp³-hybridized carbons (Fsp3) is 0.909. The van der Waals surface area contributed by atoms with E-state index in [0.29, 0.717) is 11.7 Å². The Morgan fingerprint density at radius 3 is 2.27 bits per heavy atom. The molecule has 4 heteroatoms. The van der Waals surface area contributed by atoms with Crippen LogP contribution in [0.1, 0.15) is 34.1 Å². The minimum Gasteiger partial charge on any atom is -0.469 e. The first-order valence-corrected chi connectivity index (χ1v) is 6.77. The molecule has 4 atom stereocenters. The summed E-state index contributed by atoms with van der Waals surface area (Å²) < 4.78 is 16.5. The third-order valence-corrected chi connectivity index (χ3v) is 4.97. The molecule has 4 unspecified atom stereocenters. The molecule has 0 spiro atoms. The van der Waals surface area contributed by atoms with E-state index in [-0.39, 0.29) is 17.1 Å². The van der Waals surface area contributed by atoms with E-state index in [4.69, 9.17) is 0 Å². The average Bonchev–Trinajstić information content (AvgIpc) is 2.25. The van der Waals surface area contributed by atoms with Crippen LogP contribution in [-0.2, 0) is 20.3 Å². The second-order valence-corrected chi connectivity index (χ2v) is 5.92. The van der Waals surface area contributed by atoms with E-state index >= 15 is 0 Å². The number of hydrogen-bond donors (Lipinski definition) is 0. The van der Waals surface area contributed by atoms with Gasteiger partial charge in [-0.2, -0.15) is 0 Å². The van der Waals surface area contributed by atoms with Gasteiger partial charge in [-0.25, -0.2) is 0 Å². The molecule has 0 radical (unpaired) electrons. The fourth-order valence-corrected chi connectivity index (χ4v) is 2.82. The standard InChI is InChI=1S/C11H22O3S/c1-6-8(2)7-15(13)10(4)9(3)11(12)14-5/h8-10H,6-7H2,1-5H3. The van der Waals surface area contributed by atoms with Gasteiger partial charge in [0.2, 0.25) is 0 Å². The molecule has 0 fully saturated rings. The summed E-state index contributed by atoms with van der Waals surface area (Å²) in [6.07, 6.45) is 1.02. The number of rotatable bonds is 6. The van der Waals surface area contributed by atoms with Gasteiger partial charge in [0.05, 0.1) is 13.0 Å². The molecule has 0 saturated carbocycles. The van der Waals surface area contributed by atoms with E-state index in [1.165, 1.54) is 7.11 Å². The molecular weight excluding hydrogens is 212 g/mol. The first-order chi connectivity index (χ1) is 6.93. The Hall–Kier alpha value is -0.380. The van der Waals surface area contributed by atoms with Gasteiger partial charge >= 0.3 is 5.97 Å². The molecular formula is C11H22O3S. The van der Waals surface area contributed by atoms with Crippen molar-refractivity contribution in [2.45, 2.75) is 39.4 Å². The van der Waals surface area contributed by atoms with Crippen LogP contribution in [0.15, 0.2) is 0 Å². The molecule has 3 nitrogen and oxygen atoms in total. The van der Waals surface area contributed by atoms with Gasteiger partial charge in [-0.3, -0.25) is 9.00 Å². The monoisotopic (exact) mass is 234 g/mol. The molecule has 0 aliphatic rings. The summed E-state index contributed by atoms with van der Waals surface area (Å²) in [5.41, 5.74) is 0. The number of hydrogen-bond acceptors (Lipinski definition) is 3. The number of esters is 1. The summed E-state index contributed by atoms with van der Waals surface area (Å²) in [5, 5.41) is -0.133. The van der Waals surface area contributed by atoms with Crippen molar-refractivity contribution >= 4 is 16.8 Å². The summed E-state index contributed by atoms with van der Waals surface area (Å²) >= 11 is 0. The number of ether oxygens (including phenoxy) is 1. The number of methoxy groups -OCH3 is 1. The minimum absolute atomic E-state index is 0.133. The van der Waals surface area contributed by atoms with Crippen molar-refractivity contribution in [2.75, 3.05) is 12.9 Å². The van der Waals surface area contributed by atoms with Crippen molar-refractivity contribution in [3.63, 3.8) is 0 Å². The van der Waals surface area contributed by atoms with Gasteiger partial charge in [0, 0.05) is 21.8 Å². The highest BCUT2D eigenvalue weighted by molar-refractivity contribution is 7.85. The first-order valence-electron chi connectivity index (χ1n) is 5.39. The molecule has 90 valence electrons. The zero-order valence-corrected chi connectivity index (χ0v) is 11.1. The molecule has 0 aromatic rings. The van der Waals surface area contributed by atoms with Crippen LogP contribution >= 0.6 is 0 Å². The van der Waals surface area contributed by atoms with E-state index < -0.39 is 10.8 Å². The van der Waals surface area contributed by atoms with Crippen LogP contribution in [0.4, 0.5) is 0 Å². The highest BCUT2D eigenvalue weighted by Gasteiger charge is 2.26. The quantitative estimate of drug-likeness (QED) is 0.660. The Bertz CT molecular complexity index is 228. The number of carbonyl (C=O) groups excluding carboxylic acids is 1. The first kappa shape index (κ1) is 14.6. The normalized spacial score (nSPS) is 19.0. The Kier molecular flexibility index (Phi) is 6.81. The second kappa shape index (κ2) is 6.99. The molecule has 0 aliphatic carbocycles. The lowest BCUT2D eigenvalue weighted by Crippen LogP contribution is -2.30. The molecule has 0 amide bonds. The highest BCUT2D eigenvalue weighted by atomic mass is 32.2. The van der Waals surface area contributed by atoms with Crippen LogP contribution in [0.25, 0.3) is 0 Å². The van der Waals surface area contributed by atoms with Gasteiger partial charge in [-0.1, -0.05) is 27.2 Å². The van der Waals surface area contributed by atoms with Crippen LogP contribution in [0.2, 0.25) is 0 Å². The highest BCUT2D eigenvalue weighted by Crippen LogP contribution is 2.14. The Morgan fingerprint density at radius 2 is 1.87 bits per heavy atom. The summed E-state index contributed by atoms with van der Waals surface area (Å²) in [7, 11) is 0.416. The lowest BCUT2D eigenvalue weighted by molar-refractivity contribution is -0.144. The van der Waals surface area contributed by atoms with Gasteiger partial charge in [-0.15, -0.1) is 0 Å². The SMILES string of the molecule is CCC(C)CS(=O)C(C)C(C)C(=O)OC. The Labute approximate surface area is 95.0 Å². The maximum atomic E-state index is 11.9. The van der Waals surface area contributed by atoms with Crippen LogP contribution in [0, 0.1) is 11.8 Å². The third-order valence-electron chi connectivity index (χ3n) is 2.84. The van der Waals surface area contributed by atoms with Crippen molar-refractivity contribution in [3.8, 4) is 0 Å². The van der Waals surface area contributed by atoms with Gasteiger partial charge in [-0.05, 0) is 12.8 Å². The van der Waals surface area contributed by atoms with E-state index in [1.807, 2.05) is 6.92 Å². The lowest BCUT2D eigenvalue weighted by atomic mass is 10.1. The fourth-order valence-electron chi connectivity index (χ4n) is 1.16. The molecule has 0 heterocycles. The summed E-state index contributed by atoms with van der Waals surface area (Å²) in [6, 6.07) is 0. The van der Waals surface area contributed by atoms with Crippen molar-refractivity contribution in [2.24, 2.45) is 11.8 Å². The second-order valence-electron chi connectivity index (χ2n) is 4.08. The predicted molar refractivity (Wildman–Crippen MR) is 63.1 cm³/mol. The van der Waals surface area contributed by atoms with E-state index in [0.717, 1.165) is 6.42 Å². The largest absolute Gasteiger partial charge is 0.469 e. The molecule has 0 rings (SSSR count). The zero-order chi connectivity index (χ0) is 12.0. The lowest BCUT2D eigenvalue weighted by Gasteiger charge is -2.18. The van der Waals surface area contributed by atoms with Crippen LogP contribution in [0.3, 0.4) is 0 Å². The molecule has 0 aromatic carbocycles. The topological polar surface area (TPSA) is 43.4 Å². The van der Waals surface area contributed by atoms with Crippen molar-refractivity contribution in [3.05, 3.63) is 0 Å². The Balaban J connectivity index is 4.25. The van der Waals surface area contributed by atoms with Gasteiger partial charge in [0.15, 0.2) is 0 Å². The van der Waals surface area contributed by atoms with E-state index in [9.17, 15) is 9.00 Å². The van der Waals surface area contributed by atoms with Crippen molar-refractivity contribution in [1.82, 2.24) is 0 Å². The average molecular weight is 234 g/mol. The van der Waals surface area contributed by atoms with E-state index in [1.54, 1.807) is 6.92 Å². The molecule has 0 aliphatic heterocycles. The Morgan fingerprint density at radius 1 is 1.33 bits per heavy atom. The minimum atomic E-state index is -0.948. The summed E-state index contributed by atoms with van der Waals surface area (Å²) in [4.78, 5) is 11.3. The maximum Gasteiger partial charge on any atom is 0.309 e. The van der Waals surface area contributed by atoms with Gasteiger partial charge in [0.1, 0.15) is 0 Å². The zero-order valence-electron chi connectivity index (χ0n) is 10.3. The number of carbonyl (C=O) groups is 1. The summed E-state index contributed by atoms with van der Waals surface area (Å²) in [5.74, 6) is 0.539. The van der Waals surface area contributed by atoms with E-state index in [2.05, 4.69) is 18.6 Å². The molecule has 0 aromatic heterocycles. The van der Waals surface area contributed by atoms with Crippen molar-refractivity contribution < 1.29 is 13.7 Å². The predicted octanol–water partition coefficient (Wildman–Crippen LogP) is 1.98. The van der Waals surface area contributed by atoms with Crippen LogP contribution < -0.4 is 0 Å². The van der Waals surface area contributed by atoms with Gasteiger partial charge in [0.25, 0.3) is 0 Å². The molecule has 0 saturated heterocycles. The molecule has 15 heavy (non-hydrogen) atoms. The molecule has 0 bridgehead atoms. The van der Waals surface area contributed by atoms with Crippen LogP contribution in [-0.4, -0.2) is 28.3 Å². The van der Waals surface area contributed by atoms with Crippen molar-refractivity contribution in [1.29, 1.82) is 0 Å². The van der Waals surface area contributed by atoms with Crippen LogP contribution in [0.5, 0.6) is 0 Å². The molecule has 0 N–H and O–H groups in total. The smallest absolute Gasteiger partial charge is 0.309 e. The maximum absolute atomic E-state index is 11.9.